The molecule has 4 atom stereocenters. The van der Waals surface area contributed by atoms with Gasteiger partial charge in [0.05, 0.1) is 11.1 Å². The second-order valence-electron chi connectivity index (χ2n) is 21.4. The van der Waals surface area contributed by atoms with Crippen molar-refractivity contribution in [2.75, 3.05) is 9.80 Å². The second-order valence-corrected chi connectivity index (χ2v) is 21.4. The fourth-order valence-electron chi connectivity index (χ4n) is 14.2. The minimum atomic E-state index is 0.0104. The van der Waals surface area contributed by atoms with Crippen molar-refractivity contribution in [3.63, 3.8) is 0 Å². The highest BCUT2D eigenvalue weighted by Crippen LogP contribution is 2.63. The first-order chi connectivity index (χ1) is 33.2. The molecular formula is C66H60N2. The third-order valence-electron chi connectivity index (χ3n) is 18.1. The first kappa shape index (κ1) is 41.3. The quantitative estimate of drug-likeness (QED) is 0.154. The van der Waals surface area contributed by atoms with Gasteiger partial charge in [-0.05, 0) is 177 Å². The van der Waals surface area contributed by atoms with Gasteiger partial charge in [0, 0.05) is 33.6 Å². The summed E-state index contributed by atoms with van der Waals surface area (Å²) < 4.78 is 0. The molecule has 0 saturated heterocycles. The van der Waals surface area contributed by atoms with Crippen LogP contribution in [0, 0.1) is 0 Å². The molecule has 13 rings (SSSR count). The third-order valence-corrected chi connectivity index (χ3v) is 18.1. The minimum Gasteiger partial charge on any atom is -0.334 e. The predicted molar refractivity (Wildman–Crippen MR) is 289 cm³/mol. The van der Waals surface area contributed by atoms with E-state index in [0.717, 1.165) is 0 Å². The lowest BCUT2D eigenvalue weighted by atomic mass is 9.61. The van der Waals surface area contributed by atoms with Crippen LogP contribution in [0.15, 0.2) is 194 Å². The molecule has 2 saturated carbocycles. The molecule has 0 amide bonds. The lowest BCUT2D eigenvalue weighted by Crippen LogP contribution is -2.54. The normalized spacial score (nSPS) is 23.9. The Balaban J connectivity index is 1.01. The van der Waals surface area contributed by atoms with Crippen molar-refractivity contribution in [3.8, 4) is 44.5 Å². The molecule has 2 heterocycles. The van der Waals surface area contributed by atoms with E-state index in [1.807, 2.05) is 0 Å². The molecule has 2 aliphatic heterocycles. The third kappa shape index (κ3) is 5.82. The number of para-hydroxylation sites is 2. The van der Waals surface area contributed by atoms with E-state index in [9.17, 15) is 0 Å². The van der Waals surface area contributed by atoms with E-state index < -0.39 is 0 Å². The van der Waals surface area contributed by atoms with Gasteiger partial charge in [-0.1, -0.05) is 173 Å². The average Bonchev–Trinajstić information content (AvgIpc) is 3.73. The van der Waals surface area contributed by atoms with Crippen molar-refractivity contribution in [1.82, 2.24) is 0 Å². The average molecular weight is 881 g/mol. The lowest BCUT2D eigenvalue weighted by Gasteiger charge is -2.50. The maximum atomic E-state index is 2.68. The van der Waals surface area contributed by atoms with Crippen molar-refractivity contribution >= 4 is 44.3 Å². The lowest BCUT2D eigenvalue weighted by molar-refractivity contribution is 0.195. The van der Waals surface area contributed by atoms with Crippen molar-refractivity contribution in [2.24, 2.45) is 0 Å². The fourth-order valence-corrected chi connectivity index (χ4v) is 14.2. The summed E-state index contributed by atoms with van der Waals surface area (Å²) in [5, 5.41) is 5.14. The van der Waals surface area contributed by atoms with Gasteiger partial charge in [0.15, 0.2) is 0 Å². The first-order valence-electron chi connectivity index (χ1n) is 25.4. The van der Waals surface area contributed by atoms with Crippen LogP contribution >= 0.6 is 0 Å². The van der Waals surface area contributed by atoms with Crippen LogP contribution in [0.4, 0.5) is 22.7 Å². The monoisotopic (exact) mass is 880 g/mol. The Morgan fingerprint density at radius 1 is 0.309 bits per heavy atom. The Bertz CT molecular complexity index is 3190. The van der Waals surface area contributed by atoms with Crippen molar-refractivity contribution < 1.29 is 0 Å². The smallest absolute Gasteiger partial charge is 0.0517 e. The molecular weight excluding hydrogens is 821 g/mol. The Morgan fingerprint density at radius 3 is 1.04 bits per heavy atom. The molecule has 0 N–H and O–H groups in total. The van der Waals surface area contributed by atoms with Gasteiger partial charge in [-0.25, -0.2) is 0 Å². The molecule has 2 aliphatic carbocycles. The second kappa shape index (κ2) is 15.3. The molecule has 2 fully saturated rings. The van der Waals surface area contributed by atoms with Crippen LogP contribution in [0.3, 0.4) is 0 Å². The number of hydrogen-bond donors (Lipinski definition) is 0. The Labute approximate surface area is 402 Å². The van der Waals surface area contributed by atoms with Gasteiger partial charge in [0.1, 0.15) is 0 Å². The van der Waals surface area contributed by atoms with E-state index in [0.29, 0.717) is 0 Å². The zero-order valence-corrected chi connectivity index (χ0v) is 40.0. The van der Waals surface area contributed by atoms with E-state index in [1.165, 1.54) is 151 Å². The van der Waals surface area contributed by atoms with Gasteiger partial charge < -0.3 is 9.80 Å². The van der Waals surface area contributed by atoms with Crippen LogP contribution < -0.4 is 9.80 Å². The molecule has 4 unspecified atom stereocenters. The van der Waals surface area contributed by atoms with E-state index in [-0.39, 0.29) is 21.9 Å². The van der Waals surface area contributed by atoms with Crippen LogP contribution in [-0.4, -0.2) is 11.1 Å². The SMILES string of the molecule is CC12CCCCC1(C)N(c1ccccc1)c1ccc(-c3ccc4c(-c5ccccc5)c5cc(-c6ccc7c(c6)C6(C)CCCCC6(C)N7c6ccccc6)ccc5c(-c5ccccc5)c4c3)cc12. The van der Waals surface area contributed by atoms with Crippen LogP contribution in [0.1, 0.15) is 90.2 Å². The number of nitrogens with zero attached hydrogens (tertiary/aromatic N) is 2. The van der Waals surface area contributed by atoms with Crippen LogP contribution in [0.2, 0.25) is 0 Å². The molecule has 0 bridgehead atoms. The molecule has 4 aliphatic rings. The topological polar surface area (TPSA) is 6.48 Å². The minimum absolute atomic E-state index is 0.0104. The summed E-state index contributed by atoms with van der Waals surface area (Å²) in [6.45, 7) is 10.2. The van der Waals surface area contributed by atoms with Gasteiger partial charge in [-0.15, -0.1) is 0 Å². The van der Waals surface area contributed by atoms with Gasteiger partial charge >= 0.3 is 0 Å². The fraction of sp³-hybridized carbons (Fsp3) is 0.242. The number of hydrogen-bond acceptors (Lipinski definition) is 2. The summed E-state index contributed by atoms with van der Waals surface area (Å²) in [6.07, 6.45) is 9.84. The van der Waals surface area contributed by atoms with Crippen molar-refractivity contribution in [3.05, 3.63) is 205 Å². The number of fused-ring (bicyclic) bond motifs is 8. The predicted octanol–water partition coefficient (Wildman–Crippen LogP) is 18.1. The molecule has 2 nitrogen and oxygen atoms in total. The van der Waals surface area contributed by atoms with Crippen LogP contribution in [0.5, 0.6) is 0 Å². The molecule has 334 valence electrons. The standard InChI is InChI=1S/C66H60N2/c1-63-37-17-19-39-65(63,3)67(51-25-13-7-14-26-51)59-35-31-49(43-57(59)63)47-29-33-53-55(41-47)61(45-21-9-5-10-22-45)54-34-30-48(42-56(54)62(53)46-23-11-6-12-24-46)50-32-36-60-58(44-50)64(2)38-18-20-40-66(64,4)68(60)52-27-15-8-16-28-52/h5-16,21-36,41-44H,17-20,37-40H2,1-4H3. The summed E-state index contributed by atoms with van der Waals surface area (Å²) >= 11 is 0. The van der Waals surface area contributed by atoms with Gasteiger partial charge in [-0.3, -0.25) is 0 Å². The summed E-state index contributed by atoms with van der Waals surface area (Å²) in [6, 6.07) is 73.9. The molecule has 0 radical (unpaired) electrons. The molecule has 0 aromatic heterocycles. The maximum Gasteiger partial charge on any atom is 0.0517 e. The summed E-state index contributed by atoms with van der Waals surface area (Å²) in [5.41, 5.74) is 18.6. The molecule has 9 aromatic carbocycles. The number of rotatable bonds is 6. The van der Waals surface area contributed by atoms with Crippen molar-refractivity contribution in [1.29, 1.82) is 0 Å². The van der Waals surface area contributed by atoms with E-state index in [2.05, 4.69) is 232 Å². The highest BCUT2D eigenvalue weighted by molar-refractivity contribution is 6.22. The van der Waals surface area contributed by atoms with E-state index >= 15 is 0 Å². The number of anilines is 4. The van der Waals surface area contributed by atoms with Gasteiger partial charge in [-0.2, -0.15) is 0 Å². The largest absolute Gasteiger partial charge is 0.334 e. The first-order valence-corrected chi connectivity index (χ1v) is 25.4. The molecule has 0 spiro atoms. The summed E-state index contributed by atoms with van der Waals surface area (Å²) in [4.78, 5) is 5.36. The Kier molecular flexibility index (Phi) is 9.30. The highest BCUT2D eigenvalue weighted by atomic mass is 15.3. The maximum absolute atomic E-state index is 2.68. The Morgan fingerprint density at radius 2 is 0.647 bits per heavy atom. The zero-order chi connectivity index (χ0) is 45.8. The van der Waals surface area contributed by atoms with Gasteiger partial charge in [0.2, 0.25) is 0 Å². The van der Waals surface area contributed by atoms with Gasteiger partial charge in [0.25, 0.3) is 0 Å². The van der Waals surface area contributed by atoms with Crippen LogP contribution in [0.25, 0.3) is 66.1 Å². The van der Waals surface area contributed by atoms with Crippen LogP contribution in [-0.2, 0) is 10.8 Å². The van der Waals surface area contributed by atoms with Crippen molar-refractivity contribution in [2.45, 2.75) is 101 Å². The Hall–Kier alpha value is -6.90. The molecule has 9 aromatic rings. The summed E-state index contributed by atoms with van der Waals surface area (Å²) in [7, 11) is 0. The van der Waals surface area contributed by atoms with E-state index in [1.54, 1.807) is 0 Å². The highest BCUT2D eigenvalue weighted by Gasteiger charge is 2.59. The van der Waals surface area contributed by atoms with E-state index in [4.69, 9.17) is 0 Å². The summed E-state index contributed by atoms with van der Waals surface area (Å²) in [5.74, 6) is 0. The molecule has 68 heavy (non-hydrogen) atoms. The zero-order valence-electron chi connectivity index (χ0n) is 40.0. The number of benzene rings is 9. The molecule has 2 heteroatoms.